The number of hydrogen-bond donors (Lipinski definition) is 0. The van der Waals surface area contributed by atoms with Gasteiger partial charge in [-0.1, -0.05) is 45.2 Å². The highest BCUT2D eigenvalue weighted by Crippen LogP contribution is 2.39. The van der Waals surface area contributed by atoms with Gasteiger partial charge in [0.2, 0.25) is 0 Å². The highest BCUT2D eigenvalue weighted by molar-refractivity contribution is 9.29. The summed E-state index contributed by atoms with van der Waals surface area (Å²) in [5.41, 5.74) is 0. The molecule has 0 radical (unpaired) electrons. The Balaban J connectivity index is 3.55. The largest absolute Gasteiger partial charge is 0.352 e. The molecule has 0 N–H and O–H groups in total. The summed E-state index contributed by atoms with van der Waals surface area (Å²) in [6.07, 6.45) is 2.22. The average molecular weight is 418 g/mol. The van der Waals surface area contributed by atoms with Crippen LogP contribution in [-0.2, 0) is 4.74 Å². The van der Waals surface area contributed by atoms with Gasteiger partial charge in [0.25, 0.3) is 0 Å². The fourth-order valence-corrected chi connectivity index (χ4v) is 1.00. The van der Waals surface area contributed by atoms with Crippen molar-refractivity contribution in [2.45, 2.75) is 26.9 Å². The van der Waals surface area contributed by atoms with Crippen molar-refractivity contribution in [2.75, 3.05) is 6.61 Å². The van der Waals surface area contributed by atoms with Gasteiger partial charge in [0.15, 0.2) is 3.42 Å². The summed E-state index contributed by atoms with van der Waals surface area (Å²) in [7, 11) is 0. The zero-order valence-corrected chi connectivity index (χ0v) is 12.5. The quantitative estimate of drug-likeness (QED) is 0.477. The van der Waals surface area contributed by atoms with Crippen molar-refractivity contribution < 1.29 is 4.74 Å². The van der Waals surface area contributed by atoms with Crippen LogP contribution in [0.4, 0.5) is 0 Å². The molecule has 0 rings (SSSR count). The molecule has 0 bridgehead atoms. The van der Waals surface area contributed by atoms with E-state index >= 15 is 0 Å². The molecular weight excluding hydrogens is 408 g/mol. The number of alkyl halides is 4. The van der Waals surface area contributed by atoms with Crippen molar-refractivity contribution in [1.29, 1.82) is 0 Å². The molecule has 0 spiro atoms. The summed E-state index contributed by atoms with van der Waals surface area (Å²) in [6.45, 7) is 2.88. The first-order valence-electron chi connectivity index (χ1n) is 3.30. The molecule has 11 heavy (non-hydrogen) atoms. The molecule has 0 atom stereocenters. The van der Waals surface area contributed by atoms with E-state index in [2.05, 4.69) is 70.6 Å². The predicted molar refractivity (Wildman–Crippen MR) is 63.1 cm³/mol. The Bertz CT molecular complexity index is 105. The molecule has 0 saturated carbocycles. The maximum atomic E-state index is 5.47. The standard InChI is InChI=1S/C6H10Br4O/c1-2-3-4-11-6(9,10)5(7)8/h5H,2-4H2,1H3. The van der Waals surface area contributed by atoms with Gasteiger partial charge < -0.3 is 4.74 Å². The summed E-state index contributed by atoms with van der Waals surface area (Å²) in [4.78, 5) is 0. The van der Waals surface area contributed by atoms with Crippen LogP contribution in [0.15, 0.2) is 0 Å². The second kappa shape index (κ2) is 6.35. The van der Waals surface area contributed by atoms with Gasteiger partial charge in [-0.2, -0.15) is 0 Å². The van der Waals surface area contributed by atoms with Crippen molar-refractivity contribution in [3.8, 4) is 0 Å². The lowest BCUT2D eigenvalue weighted by Crippen LogP contribution is -2.24. The Morgan fingerprint density at radius 2 is 1.91 bits per heavy atom. The van der Waals surface area contributed by atoms with Gasteiger partial charge in [0, 0.05) is 6.61 Å². The van der Waals surface area contributed by atoms with E-state index in [-0.39, 0.29) is 3.74 Å². The second-order valence-electron chi connectivity index (χ2n) is 2.06. The minimum atomic E-state index is -0.491. The van der Waals surface area contributed by atoms with Gasteiger partial charge in [-0.05, 0) is 38.3 Å². The van der Waals surface area contributed by atoms with Gasteiger partial charge in [-0.15, -0.1) is 0 Å². The molecule has 0 aromatic heterocycles. The minimum Gasteiger partial charge on any atom is -0.352 e. The smallest absolute Gasteiger partial charge is 0.199 e. The zero-order chi connectivity index (χ0) is 8.91. The van der Waals surface area contributed by atoms with Gasteiger partial charge in [-0.25, -0.2) is 0 Å². The Kier molecular flexibility index (Phi) is 7.44. The monoisotopic (exact) mass is 414 g/mol. The van der Waals surface area contributed by atoms with Crippen molar-refractivity contribution in [3.63, 3.8) is 0 Å². The van der Waals surface area contributed by atoms with Crippen LogP contribution in [0.2, 0.25) is 0 Å². The first kappa shape index (κ1) is 12.9. The maximum Gasteiger partial charge on any atom is 0.199 e. The molecule has 0 fully saturated rings. The van der Waals surface area contributed by atoms with E-state index in [9.17, 15) is 0 Å². The normalized spacial score (nSPS) is 12.5. The molecule has 0 unspecified atom stereocenters. The first-order valence-corrected chi connectivity index (χ1v) is 6.72. The van der Waals surface area contributed by atoms with E-state index in [1.165, 1.54) is 0 Å². The summed E-state index contributed by atoms with van der Waals surface area (Å²) in [5.74, 6) is 0. The molecule has 0 aromatic rings. The molecular formula is C6H10Br4O. The highest BCUT2D eigenvalue weighted by Gasteiger charge is 2.30. The molecule has 0 saturated heterocycles. The van der Waals surface area contributed by atoms with E-state index in [0.717, 1.165) is 19.4 Å². The van der Waals surface area contributed by atoms with Crippen LogP contribution in [0, 0.1) is 0 Å². The van der Waals surface area contributed by atoms with Crippen molar-refractivity contribution in [2.24, 2.45) is 0 Å². The molecule has 0 aliphatic rings. The second-order valence-corrected chi connectivity index (χ2v) is 8.54. The SMILES string of the molecule is CCCCOC(Br)(Br)C(Br)Br. The van der Waals surface area contributed by atoms with Crippen LogP contribution in [0.25, 0.3) is 0 Å². The number of unbranched alkanes of at least 4 members (excludes halogenated alkanes) is 1. The third-order valence-corrected chi connectivity index (χ3v) is 6.17. The van der Waals surface area contributed by atoms with E-state index < -0.39 is 3.42 Å². The zero-order valence-electron chi connectivity index (χ0n) is 6.12. The number of halogens is 4. The fourth-order valence-electron chi connectivity index (χ4n) is 0.416. The van der Waals surface area contributed by atoms with E-state index in [1.54, 1.807) is 0 Å². The van der Waals surface area contributed by atoms with E-state index in [0.29, 0.717) is 0 Å². The lowest BCUT2D eigenvalue weighted by Gasteiger charge is -2.22. The summed E-state index contributed by atoms with van der Waals surface area (Å²) in [6, 6.07) is 0. The van der Waals surface area contributed by atoms with Gasteiger partial charge >= 0.3 is 0 Å². The fraction of sp³-hybridized carbons (Fsp3) is 1.00. The van der Waals surface area contributed by atoms with Gasteiger partial charge in [-0.3, -0.25) is 0 Å². The topological polar surface area (TPSA) is 9.23 Å². The maximum absolute atomic E-state index is 5.47. The Hall–Kier alpha value is 1.88. The predicted octanol–water partition coefficient (Wildman–Crippen LogP) is 4.36. The molecule has 1 nitrogen and oxygen atoms in total. The van der Waals surface area contributed by atoms with E-state index in [4.69, 9.17) is 4.74 Å². The van der Waals surface area contributed by atoms with Crippen molar-refractivity contribution >= 4 is 63.7 Å². The van der Waals surface area contributed by atoms with Crippen molar-refractivity contribution in [1.82, 2.24) is 0 Å². The lowest BCUT2D eigenvalue weighted by atomic mass is 10.4. The molecule has 0 aromatic carbocycles. The molecule has 68 valence electrons. The molecule has 5 heteroatoms. The van der Waals surface area contributed by atoms with Crippen LogP contribution in [0.5, 0.6) is 0 Å². The first-order chi connectivity index (χ1) is 5.00. The van der Waals surface area contributed by atoms with Crippen LogP contribution < -0.4 is 0 Å². The summed E-state index contributed by atoms with van der Waals surface area (Å²) in [5, 5.41) is 0. The lowest BCUT2D eigenvalue weighted by molar-refractivity contribution is 0.108. The molecule has 0 heterocycles. The third kappa shape index (κ3) is 6.02. The number of hydrogen-bond acceptors (Lipinski definition) is 1. The van der Waals surface area contributed by atoms with Crippen LogP contribution in [0.1, 0.15) is 19.8 Å². The van der Waals surface area contributed by atoms with Crippen LogP contribution in [-0.4, -0.2) is 13.8 Å². The van der Waals surface area contributed by atoms with Gasteiger partial charge in [0.05, 0.1) is 0 Å². The Labute approximate surface area is 101 Å². The Morgan fingerprint density at radius 3 is 2.27 bits per heavy atom. The van der Waals surface area contributed by atoms with Crippen molar-refractivity contribution in [3.05, 3.63) is 0 Å². The van der Waals surface area contributed by atoms with Crippen LogP contribution >= 0.6 is 63.7 Å². The summed E-state index contributed by atoms with van der Waals surface area (Å²) < 4.78 is 5.03. The molecule has 0 amide bonds. The third-order valence-electron chi connectivity index (χ3n) is 1.05. The summed E-state index contributed by atoms with van der Waals surface area (Å²) >= 11 is 13.4. The molecule has 0 aliphatic heterocycles. The highest BCUT2D eigenvalue weighted by atomic mass is 79.9. The van der Waals surface area contributed by atoms with Crippen LogP contribution in [0.3, 0.4) is 0 Å². The minimum absolute atomic E-state index is 0.0550. The van der Waals surface area contributed by atoms with E-state index in [1.807, 2.05) is 0 Å². The number of ether oxygens (including phenoxy) is 1. The Morgan fingerprint density at radius 1 is 1.36 bits per heavy atom. The molecule has 0 aliphatic carbocycles. The number of rotatable bonds is 5. The van der Waals surface area contributed by atoms with Gasteiger partial charge in [0.1, 0.15) is 3.74 Å². The average Bonchev–Trinajstić information content (AvgIpc) is 1.88.